The molecule has 1 atom stereocenters. The second-order valence-electron chi connectivity index (χ2n) is 4.37. The molecule has 0 saturated heterocycles. The van der Waals surface area contributed by atoms with Crippen LogP contribution in [0.5, 0.6) is 0 Å². The molecule has 0 aliphatic rings. The van der Waals surface area contributed by atoms with Crippen LogP contribution in [0.1, 0.15) is 17.3 Å². The normalized spacial score (nSPS) is 14.6. The maximum absolute atomic E-state index is 12.9. The Bertz CT molecular complexity index is 531. The number of hydrogen-bond acceptors (Lipinski definition) is 3. The number of amides is 1. The summed E-state index contributed by atoms with van der Waals surface area (Å²) < 4.78 is 44.2. The number of aliphatic hydroxyl groups is 1. The molecular formula is C14H15BrF3NO3. The van der Waals surface area contributed by atoms with Crippen molar-refractivity contribution in [2.75, 3.05) is 13.2 Å². The predicted octanol–water partition coefficient (Wildman–Crippen LogP) is 3.02. The third kappa shape index (κ3) is 5.03. The molecule has 1 aromatic rings. The van der Waals surface area contributed by atoms with E-state index >= 15 is 0 Å². The van der Waals surface area contributed by atoms with Crippen LogP contribution in [-0.2, 0) is 4.74 Å². The highest BCUT2D eigenvalue weighted by molar-refractivity contribution is 9.10. The van der Waals surface area contributed by atoms with Crippen molar-refractivity contribution in [2.45, 2.75) is 18.7 Å². The molecule has 0 radical (unpaired) electrons. The summed E-state index contributed by atoms with van der Waals surface area (Å²) in [6.45, 7) is 0.733. The van der Waals surface area contributed by atoms with Gasteiger partial charge in [0.2, 0.25) is 0 Å². The van der Waals surface area contributed by atoms with Gasteiger partial charge in [0.05, 0.1) is 19.4 Å². The summed E-state index contributed by atoms with van der Waals surface area (Å²) in [5, 5.41) is 11.8. The molecule has 0 bridgehead atoms. The van der Waals surface area contributed by atoms with Crippen molar-refractivity contribution in [1.82, 2.24) is 5.32 Å². The Morgan fingerprint density at radius 1 is 1.36 bits per heavy atom. The number of alkyl halides is 3. The van der Waals surface area contributed by atoms with Crippen LogP contribution in [0.4, 0.5) is 13.2 Å². The fourth-order valence-corrected chi connectivity index (χ4v) is 1.69. The average Bonchev–Trinajstić information content (AvgIpc) is 2.44. The molecule has 0 heterocycles. The second-order valence-corrected chi connectivity index (χ2v) is 5.29. The number of rotatable bonds is 6. The molecule has 0 spiro atoms. The number of halogens is 4. The van der Waals surface area contributed by atoms with Crippen molar-refractivity contribution < 1.29 is 27.8 Å². The summed E-state index contributed by atoms with van der Waals surface area (Å²) >= 11 is 3.18. The van der Waals surface area contributed by atoms with E-state index in [0.29, 0.717) is 6.08 Å². The summed E-state index contributed by atoms with van der Waals surface area (Å²) in [7, 11) is 0. The number of benzene rings is 1. The lowest BCUT2D eigenvalue weighted by Crippen LogP contribution is -2.52. The molecule has 0 fully saturated rings. The molecule has 8 heteroatoms. The quantitative estimate of drug-likeness (QED) is 0.744. The van der Waals surface area contributed by atoms with Crippen molar-refractivity contribution in [3.63, 3.8) is 0 Å². The first-order chi connectivity index (χ1) is 10.2. The predicted molar refractivity (Wildman–Crippen MR) is 78.2 cm³/mol. The van der Waals surface area contributed by atoms with Gasteiger partial charge in [-0.05, 0) is 37.3 Å². The van der Waals surface area contributed by atoms with E-state index in [9.17, 15) is 23.1 Å². The van der Waals surface area contributed by atoms with Gasteiger partial charge >= 0.3 is 6.18 Å². The van der Waals surface area contributed by atoms with E-state index < -0.39 is 24.2 Å². The summed E-state index contributed by atoms with van der Waals surface area (Å²) in [6.07, 6.45) is -3.72. The number of ether oxygens (including phenoxy) is 1. The van der Waals surface area contributed by atoms with Gasteiger partial charge < -0.3 is 15.2 Å². The second kappa shape index (κ2) is 7.64. The van der Waals surface area contributed by atoms with E-state index in [1.54, 1.807) is 19.1 Å². The van der Waals surface area contributed by atoms with E-state index in [1.165, 1.54) is 12.1 Å². The third-order valence-electron chi connectivity index (χ3n) is 2.72. The zero-order valence-electron chi connectivity index (χ0n) is 11.7. The summed E-state index contributed by atoms with van der Waals surface area (Å²) in [4.78, 5) is 11.8. The molecule has 0 aliphatic carbocycles. The first kappa shape index (κ1) is 18.5. The Labute approximate surface area is 134 Å². The Morgan fingerprint density at radius 2 is 1.95 bits per heavy atom. The van der Waals surface area contributed by atoms with Crippen LogP contribution in [0.15, 0.2) is 41.1 Å². The third-order valence-corrected chi connectivity index (χ3v) is 3.25. The fraction of sp³-hybridized carbons (Fsp3) is 0.357. The van der Waals surface area contributed by atoms with Gasteiger partial charge in [0.25, 0.3) is 5.91 Å². The Hall–Kier alpha value is -1.54. The molecule has 2 N–H and O–H groups in total. The highest BCUT2D eigenvalue weighted by Gasteiger charge is 2.52. The van der Waals surface area contributed by atoms with Gasteiger partial charge in [-0.25, -0.2) is 0 Å². The van der Waals surface area contributed by atoms with E-state index in [1.807, 2.05) is 0 Å². The van der Waals surface area contributed by atoms with Gasteiger partial charge in [-0.3, -0.25) is 4.79 Å². The first-order valence-electron chi connectivity index (χ1n) is 6.32. The Balaban J connectivity index is 2.79. The van der Waals surface area contributed by atoms with Crippen molar-refractivity contribution in [2.24, 2.45) is 0 Å². The minimum atomic E-state index is -4.95. The highest BCUT2D eigenvalue weighted by Crippen LogP contribution is 2.31. The van der Waals surface area contributed by atoms with E-state index in [4.69, 9.17) is 0 Å². The lowest BCUT2D eigenvalue weighted by Gasteiger charge is -2.27. The summed E-state index contributed by atoms with van der Waals surface area (Å²) in [5.74, 6) is -0.722. The summed E-state index contributed by atoms with van der Waals surface area (Å²) in [5.41, 5.74) is -3.02. The van der Waals surface area contributed by atoms with Crippen LogP contribution >= 0.6 is 15.9 Å². The van der Waals surface area contributed by atoms with Gasteiger partial charge in [0.1, 0.15) is 0 Å². The average molecular weight is 382 g/mol. The zero-order chi connectivity index (χ0) is 16.8. The van der Waals surface area contributed by atoms with Crippen LogP contribution < -0.4 is 5.32 Å². The lowest BCUT2D eigenvalue weighted by molar-refractivity contribution is -0.237. The van der Waals surface area contributed by atoms with Gasteiger partial charge in [-0.1, -0.05) is 15.9 Å². The SMILES string of the molecule is CCO/C=C/[C@](O)(CNC(=O)c1ccc(Br)cc1)C(F)(F)F. The smallest absolute Gasteiger partial charge is 0.422 e. The minimum Gasteiger partial charge on any atom is -0.502 e. The maximum atomic E-state index is 12.9. The molecule has 1 rings (SSSR count). The van der Waals surface area contributed by atoms with Gasteiger partial charge in [-0.2, -0.15) is 13.2 Å². The molecule has 0 unspecified atom stereocenters. The van der Waals surface area contributed by atoms with Crippen LogP contribution in [0.25, 0.3) is 0 Å². The molecule has 4 nitrogen and oxygen atoms in total. The molecule has 0 aromatic heterocycles. The van der Waals surface area contributed by atoms with Crippen molar-refractivity contribution in [3.05, 3.63) is 46.6 Å². The van der Waals surface area contributed by atoms with Crippen LogP contribution in [0, 0.1) is 0 Å². The topological polar surface area (TPSA) is 58.6 Å². The van der Waals surface area contributed by atoms with Crippen LogP contribution in [0.3, 0.4) is 0 Å². The molecule has 0 aliphatic heterocycles. The van der Waals surface area contributed by atoms with E-state index in [0.717, 1.165) is 10.7 Å². The highest BCUT2D eigenvalue weighted by atomic mass is 79.9. The van der Waals surface area contributed by atoms with E-state index in [2.05, 4.69) is 26.0 Å². The maximum Gasteiger partial charge on any atom is 0.422 e. The number of carbonyl (C=O) groups is 1. The van der Waals surface area contributed by atoms with Gasteiger partial charge in [-0.15, -0.1) is 0 Å². The zero-order valence-corrected chi connectivity index (χ0v) is 13.2. The number of nitrogens with one attached hydrogen (secondary N) is 1. The molecule has 22 heavy (non-hydrogen) atoms. The standard InChI is InChI=1S/C14H15BrF3NO3/c1-2-22-8-7-13(21,14(16,17)18)9-19-12(20)10-3-5-11(15)6-4-10/h3-8,21H,2,9H2,1H3,(H,19,20)/b8-7+/t13-/m0/s1. The minimum absolute atomic E-state index is 0.162. The summed E-state index contributed by atoms with van der Waals surface area (Å²) in [6, 6.07) is 6.06. The largest absolute Gasteiger partial charge is 0.502 e. The molecule has 1 amide bonds. The Kier molecular flexibility index (Phi) is 6.43. The first-order valence-corrected chi connectivity index (χ1v) is 7.11. The van der Waals surface area contributed by atoms with Crippen LogP contribution in [0.2, 0.25) is 0 Å². The lowest BCUT2D eigenvalue weighted by atomic mass is 10.0. The number of carbonyl (C=O) groups excluding carboxylic acids is 1. The fourth-order valence-electron chi connectivity index (χ4n) is 1.43. The molecule has 1 aromatic carbocycles. The molecule has 122 valence electrons. The molecule has 0 saturated carbocycles. The van der Waals surface area contributed by atoms with Gasteiger partial charge in [0, 0.05) is 10.0 Å². The molecular weight excluding hydrogens is 367 g/mol. The van der Waals surface area contributed by atoms with Crippen molar-refractivity contribution in [1.29, 1.82) is 0 Å². The van der Waals surface area contributed by atoms with Crippen molar-refractivity contribution in [3.8, 4) is 0 Å². The van der Waals surface area contributed by atoms with Gasteiger partial charge in [0.15, 0.2) is 5.60 Å². The number of hydrogen-bond donors (Lipinski definition) is 2. The van der Waals surface area contributed by atoms with E-state index in [-0.39, 0.29) is 12.2 Å². The van der Waals surface area contributed by atoms with Crippen molar-refractivity contribution >= 4 is 21.8 Å². The monoisotopic (exact) mass is 381 g/mol. The Morgan fingerprint density at radius 3 is 2.45 bits per heavy atom. The van der Waals surface area contributed by atoms with Crippen LogP contribution in [-0.4, -0.2) is 35.9 Å².